The summed E-state index contributed by atoms with van der Waals surface area (Å²) in [5, 5.41) is 6.22. The molecule has 0 amide bonds. The van der Waals surface area contributed by atoms with Crippen LogP contribution in [0.15, 0.2) is 41.3 Å². The SMILES string of the molecule is CNc1cc(NS(=O)(=O)c2ccc(Cl)cc2)cc(NC)n1. The van der Waals surface area contributed by atoms with E-state index in [1.165, 1.54) is 24.3 Å². The minimum atomic E-state index is -3.67. The summed E-state index contributed by atoms with van der Waals surface area (Å²) in [5.74, 6) is 1.10. The molecule has 21 heavy (non-hydrogen) atoms. The summed E-state index contributed by atoms with van der Waals surface area (Å²) in [6.07, 6.45) is 0. The summed E-state index contributed by atoms with van der Waals surface area (Å²) in [7, 11) is -0.257. The van der Waals surface area contributed by atoms with E-state index in [2.05, 4.69) is 20.3 Å². The van der Waals surface area contributed by atoms with Crippen LogP contribution in [0.1, 0.15) is 0 Å². The van der Waals surface area contributed by atoms with Crippen LogP contribution < -0.4 is 15.4 Å². The average Bonchev–Trinajstić information content (AvgIpc) is 2.46. The zero-order chi connectivity index (χ0) is 15.5. The van der Waals surface area contributed by atoms with E-state index in [0.717, 1.165) is 0 Å². The van der Waals surface area contributed by atoms with Crippen molar-refractivity contribution in [3.8, 4) is 0 Å². The van der Waals surface area contributed by atoms with E-state index >= 15 is 0 Å². The molecule has 0 aliphatic rings. The molecule has 0 fully saturated rings. The highest BCUT2D eigenvalue weighted by atomic mass is 35.5. The molecule has 6 nitrogen and oxygen atoms in total. The molecule has 1 aromatic carbocycles. The molecule has 0 saturated heterocycles. The Hall–Kier alpha value is -1.99. The Morgan fingerprint density at radius 1 is 1.00 bits per heavy atom. The summed E-state index contributed by atoms with van der Waals surface area (Å²) in [4.78, 5) is 4.35. The van der Waals surface area contributed by atoms with Gasteiger partial charge in [-0.3, -0.25) is 4.72 Å². The highest BCUT2D eigenvalue weighted by molar-refractivity contribution is 7.92. The first kappa shape index (κ1) is 15.4. The second-order valence-electron chi connectivity index (χ2n) is 4.19. The van der Waals surface area contributed by atoms with Crippen LogP contribution in [-0.2, 0) is 10.0 Å². The van der Waals surface area contributed by atoms with Crippen molar-refractivity contribution in [2.24, 2.45) is 0 Å². The van der Waals surface area contributed by atoms with Gasteiger partial charge in [-0.1, -0.05) is 11.6 Å². The van der Waals surface area contributed by atoms with Crippen LogP contribution in [0.5, 0.6) is 0 Å². The zero-order valence-electron chi connectivity index (χ0n) is 11.5. The average molecular weight is 327 g/mol. The smallest absolute Gasteiger partial charge is 0.261 e. The molecule has 0 aliphatic heterocycles. The number of pyridine rings is 1. The molecule has 1 aromatic heterocycles. The van der Waals surface area contributed by atoms with Gasteiger partial charge >= 0.3 is 0 Å². The summed E-state index contributed by atoms with van der Waals surface area (Å²) in [6, 6.07) is 9.16. The molecule has 0 spiro atoms. The predicted molar refractivity (Wildman–Crippen MR) is 85.6 cm³/mol. The fourth-order valence-electron chi connectivity index (χ4n) is 1.67. The molecule has 0 atom stereocenters. The molecular weight excluding hydrogens is 312 g/mol. The Kier molecular flexibility index (Phi) is 4.54. The maximum absolute atomic E-state index is 12.3. The number of nitrogens with zero attached hydrogens (tertiary/aromatic N) is 1. The van der Waals surface area contributed by atoms with Gasteiger partial charge in [-0.25, -0.2) is 13.4 Å². The highest BCUT2D eigenvalue weighted by Crippen LogP contribution is 2.22. The Bertz CT molecular complexity index is 710. The molecule has 2 aromatic rings. The fraction of sp³-hybridized carbons (Fsp3) is 0.154. The molecular formula is C13H15ClN4O2S. The molecule has 0 bridgehead atoms. The van der Waals surface area contributed by atoms with Crippen molar-refractivity contribution in [3.05, 3.63) is 41.4 Å². The lowest BCUT2D eigenvalue weighted by molar-refractivity contribution is 0.601. The molecule has 0 saturated carbocycles. The van der Waals surface area contributed by atoms with Gasteiger partial charge in [0.1, 0.15) is 11.6 Å². The van der Waals surface area contributed by atoms with Crippen LogP contribution in [0, 0.1) is 0 Å². The van der Waals surface area contributed by atoms with E-state index < -0.39 is 10.0 Å². The molecule has 0 radical (unpaired) electrons. The first-order valence-electron chi connectivity index (χ1n) is 6.10. The van der Waals surface area contributed by atoms with Gasteiger partial charge in [-0.2, -0.15) is 0 Å². The van der Waals surface area contributed by atoms with Crippen molar-refractivity contribution < 1.29 is 8.42 Å². The molecule has 2 rings (SSSR count). The van der Waals surface area contributed by atoms with Crippen molar-refractivity contribution in [1.82, 2.24) is 4.98 Å². The van der Waals surface area contributed by atoms with Crippen LogP contribution in [-0.4, -0.2) is 27.5 Å². The normalized spacial score (nSPS) is 11.0. The highest BCUT2D eigenvalue weighted by Gasteiger charge is 2.15. The number of rotatable bonds is 5. The van der Waals surface area contributed by atoms with Gasteiger partial charge in [-0.05, 0) is 24.3 Å². The van der Waals surface area contributed by atoms with E-state index in [4.69, 9.17) is 11.6 Å². The van der Waals surface area contributed by atoms with Crippen molar-refractivity contribution in [2.45, 2.75) is 4.90 Å². The number of sulfonamides is 1. The van der Waals surface area contributed by atoms with Crippen LogP contribution in [0.4, 0.5) is 17.3 Å². The number of benzene rings is 1. The van der Waals surface area contributed by atoms with Gasteiger partial charge in [-0.15, -0.1) is 0 Å². The van der Waals surface area contributed by atoms with Crippen LogP contribution >= 0.6 is 11.6 Å². The molecule has 8 heteroatoms. The largest absolute Gasteiger partial charge is 0.373 e. The maximum Gasteiger partial charge on any atom is 0.261 e. The van der Waals surface area contributed by atoms with Crippen LogP contribution in [0.25, 0.3) is 0 Å². The third-order valence-electron chi connectivity index (χ3n) is 2.71. The fourth-order valence-corrected chi connectivity index (χ4v) is 2.84. The predicted octanol–water partition coefficient (Wildman–Crippen LogP) is 2.62. The standard InChI is InChI=1S/C13H15ClN4O2S/c1-15-12-7-10(8-13(16-2)17-12)18-21(19,20)11-5-3-9(14)4-6-11/h3-8H,1-2H3,(H3,15,16,17,18). The summed E-state index contributed by atoms with van der Waals surface area (Å²) < 4.78 is 27.1. The lowest BCUT2D eigenvalue weighted by Crippen LogP contribution is -2.13. The monoisotopic (exact) mass is 326 g/mol. The number of hydrogen-bond donors (Lipinski definition) is 3. The van der Waals surface area contributed by atoms with Crippen molar-refractivity contribution in [1.29, 1.82) is 0 Å². The van der Waals surface area contributed by atoms with Gasteiger partial charge in [0.05, 0.1) is 10.6 Å². The maximum atomic E-state index is 12.3. The van der Waals surface area contributed by atoms with Crippen LogP contribution in [0.2, 0.25) is 5.02 Å². The van der Waals surface area contributed by atoms with Crippen molar-refractivity contribution >= 4 is 38.9 Å². The molecule has 3 N–H and O–H groups in total. The van der Waals surface area contributed by atoms with E-state index in [1.807, 2.05) is 0 Å². The van der Waals surface area contributed by atoms with E-state index in [1.54, 1.807) is 26.2 Å². The second kappa shape index (κ2) is 6.19. The molecule has 0 aliphatic carbocycles. The quantitative estimate of drug-likeness (QED) is 0.786. The van der Waals surface area contributed by atoms with Crippen molar-refractivity contribution in [2.75, 3.05) is 29.5 Å². The number of hydrogen-bond acceptors (Lipinski definition) is 5. The first-order chi connectivity index (χ1) is 9.94. The topological polar surface area (TPSA) is 83.1 Å². The number of nitrogens with one attached hydrogen (secondary N) is 3. The van der Waals surface area contributed by atoms with E-state index in [9.17, 15) is 8.42 Å². The third-order valence-corrected chi connectivity index (χ3v) is 4.36. The zero-order valence-corrected chi connectivity index (χ0v) is 13.1. The minimum absolute atomic E-state index is 0.140. The lowest BCUT2D eigenvalue weighted by Gasteiger charge is -2.11. The van der Waals surface area contributed by atoms with Gasteiger partial charge in [0.2, 0.25) is 0 Å². The Labute approximate surface area is 128 Å². The van der Waals surface area contributed by atoms with E-state index in [0.29, 0.717) is 22.3 Å². The van der Waals surface area contributed by atoms with Gasteiger partial charge in [0.25, 0.3) is 10.0 Å². The Morgan fingerprint density at radius 2 is 1.52 bits per heavy atom. The molecule has 112 valence electrons. The number of aromatic nitrogens is 1. The minimum Gasteiger partial charge on any atom is -0.373 e. The van der Waals surface area contributed by atoms with Crippen molar-refractivity contribution in [3.63, 3.8) is 0 Å². The van der Waals surface area contributed by atoms with Gasteiger partial charge in [0, 0.05) is 31.3 Å². The second-order valence-corrected chi connectivity index (χ2v) is 6.30. The molecule has 1 heterocycles. The summed E-state index contributed by atoms with van der Waals surface area (Å²) in [5.41, 5.74) is 0.411. The first-order valence-corrected chi connectivity index (χ1v) is 7.96. The third kappa shape index (κ3) is 3.77. The van der Waals surface area contributed by atoms with Crippen LogP contribution in [0.3, 0.4) is 0 Å². The molecule has 0 unspecified atom stereocenters. The number of halogens is 1. The Morgan fingerprint density at radius 3 is 2.00 bits per heavy atom. The number of anilines is 3. The lowest BCUT2D eigenvalue weighted by atomic mass is 10.4. The van der Waals surface area contributed by atoms with E-state index in [-0.39, 0.29) is 4.90 Å². The summed E-state index contributed by atoms with van der Waals surface area (Å²) in [6.45, 7) is 0. The summed E-state index contributed by atoms with van der Waals surface area (Å²) >= 11 is 5.76. The Balaban J connectivity index is 2.34. The van der Waals surface area contributed by atoms with Gasteiger partial charge in [0.15, 0.2) is 0 Å². The van der Waals surface area contributed by atoms with Gasteiger partial charge < -0.3 is 10.6 Å².